The molecule has 0 aromatic rings. The van der Waals surface area contributed by atoms with Crippen LogP contribution in [0.1, 0.15) is 52.9 Å². The Balaban J connectivity index is 2.35. The minimum atomic E-state index is -0.781. The van der Waals surface area contributed by atoms with E-state index in [1.807, 2.05) is 18.7 Å². The first-order chi connectivity index (χ1) is 8.48. The largest absolute Gasteiger partial charge is 0.480 e. The summed E-state index contributed by atoms with van der Waals surface area (Å²) in [5.41, 5.74) is -0.781. The lowest BCUT2D eigenvalue weighted by Crippen LogP contribution is -2.50. The Labute approximate surface area is 115 Å². The second-order valence-electron chi connectivity index (χ2n) is 5.67. The molecule has 1 aliphatic rings. The average Bonchev–Trinajstić information content (AvgIpc) is 2.79. The fourth-order valence-corrected chi connectivity index (χ4v) is 4.12. The summed E-state index contributed by atoms with van der Waals surface area (Å²) in [6, 6.07) is 0. The van der Waals surface area contributed by atoms with Gasteiger partial charge in [-0.3, -0.25) is 4.79 Å². The number of rotatable bonds is 8. The SMILES string of the molecule is CCNC(C)(CC(C)SCC1CCCC1)C(=O)O. The van der Waals surface area contributed by atoms with Crippen LogP contribution in [0.2, 0.25) is 0 Å². The smallest absolute Gasteiger partial charge is 0.323 e. The fourth-order valence-electron chi connectivity index (χ4n) is 2.74. The van der Waals surface area contributed by atoms with Crippen molar-refractivity contribution < 1.29 is 9.90 Å². The lowest BCUT2D eigenvalue weighted by Gasteiger charge is -2.29. The zero-order valence-electron chi connectivity index (χ0n) is 11.9. The molecule has 2 atom stereocenters. The summed E-state index contributed by atoms with van der Waals surface area (Å²) in [4.78, 5) is 11.3. The van der Waals surface area contributed by atoms with Crippen molar-refractivity contribution in [3.8, 4) is 0 Å². The monoisotopic (exact) mass is 273 g/mol. The van der Waals surface area contributed by atoms with Crippen molar-refractivity contribution in [2.45, 2.75) is 63.7 Å². The van der Waals surface area contributed by atoms with Crippen LogP contribution in [0.15, 0.2) is 0 Å². The zero-order chi connectivity index (χ0) is 13.6. The molecule has 0 saturated heterocycles. The molecule has 2 unspecified atom stereocenters. The summed E-state index contributed by atoms with van der Waals surface area (Å²) >= 11 is 1.94. The van der Waals surface area contributed by atoms with Crippen molar-refractivity contribution in [1.29, 1.82) is 0 Å². The number of carboxylic acids is 1. The normalized spacial score (nSPS) is 21.7. The first-order valence-electron chi connectivity index (χ1n) is 7.08. The highest BCUT2D eigenvalue weighted by Gasteiger charge is 2.33. The number of carboxylic acid groups (broad SMARTS) is 1. The summed E-state index contributed by atoms with van der Waals surface area (Å²) in [6.07, 6.45) is 6.17. The number of thioether (sulfide) groups is 1. The Morgan fingerprint density at radius 3 is 2.61 bits per heavy atom. The van der Waals surface area contributed by atoms with Crippen molar-refractivity contribution >= 4 is 17.7 Å². The highest BCUT2D eigenvalue weighted by atomic mass is 32.2. The summed E-state index contributed by atoms with van der Waals surface area (Å²) in [5.74, 6) is 1.33. The van der Waals surface area contributed by atoms with Gasteiger partial charge in [-0.05, 0) is 44.4 Å². The number of aliphatic carboxylic acids is 1. The van der Waals surface area contributed by atoms with Gasteiger partial charge in [-0.15, -0.1) is 0 Å². The second-order valence-corrected chi connectivity index (χ2v) is 7.14. The molecule has 0 heterocycles. The Bertz CT molecular complexity index is 267. The Hall–Kier alpha value is -0.220. The van der Waals surface area contributed by atoms with E-state index in [-0.39, 0.29) is 0 Å². The third-order valence-electron chi connectivity index (χ3n) is 3.83. The zero-order valence-corrected chi connectivity index (χ0v) is 12.7. The molecule has 0 aromatic heterocycles. The van der Waals surface area contributed by atoms with Crippen LogP contribution in [0.5, 0.6) is 0 Å². The maximum absolute atomic E-state index is 11.3. The lowest BCUT2D eigenvalue weighted by molar-refractivity contribution is -0.144. The average molecular weight is 273 g/mol. The first kappa shape index (κ1) is 15.8. The van der Waals surface area contributed by atoms with Gasteiger partial charge in [0.25, 0.3) is 0 Å². The summed E-state index contributed by atoms with van der Waals surface area (Å²) < 4.78 is 0. The van der Waals surface area contributed by atoms with Gasteiger partial charge in [-0.2, -0.15) is 11.8 Å². The molecule has 0 aliphatic heterocycles. The van der Waals surface area contributed by atoms with Gasteiger partial charge in [0.1, 0.15) is 5.54 Å². The number of hydrogen-bond donors (Lipinski definition) is 2. The van der Waals surface area contributed by atoms with Gasteiger partial charge in [0.05, 0.1) is 0 Å². The second kappa shape index (κ2) is 7.39. The van der Waals surface area contributed by atoms with Crippen LogP contribution in [0.4, 0.5) is 0 Å². The van der Waals surface area contributed by atoms with E-state index >= 15 is 0 Å². The van der Waals surface area contributed by atoms with Crippen molar-refractivity contribution in [3.63, 3.8) is 0 Å². The van der Waals surface area contributed by atoms with E-state index in [1.54, 1.807) is 6.92 Å². The topological polar surface area (TPSA) is 49.3 Å². The molecule has 0 spiro atoms. The van der Waals surface area contributed by atoms with Gasteiger partial charge in [-0.1, -0.05) is 26.7 Å². The van der Waals surface area contributed by atoms with Crippen LogP contribution >= 0.6 is 11.8 Å². The van der Waals surface area contributed by atoms with E-state index in [1.165, 1.54) is 31.4 Å². The number of nitrogens with one attached hydrogen (secondary N) is 1. The standard InChI is InChI=1S/C14H27NO2S/c1-4-15-14(3,13(16)17)9-11(2)18-10-12-7-5-6-8-12/h11-12,15H,4-10H2,1-3H3,(H,16,17). The highest BCUT2D eigenvalue weighted by molar-refractivity contribution is 7.99. The van der Waals surface area contributed by atoms with Crippen LogP contribution in [0.25, 0.3) is 0 Å². The van der Waals surface area contributed by atoms with Crippen LogP contribution in [0.3, 0.4) is 0 Å². The van der Waals surface area contributed by atoms with E-state index in [9.17, 15) is 9.90 Å². The van der Waals surface area contributed by atoms with E-state index in [0.29, 0.717) is 18.2 Å². The van der Waals surface area contributed by atoms with Crippen LogP contribution in [-0.2, 0) is 4.79 Å². The highest BCUT2D eigenvalue weighted by Crippen LogP contribution is 2.31. The lowest BCUT2D eigenvalue weighted by atomic mass is 9.96. The fraction of sp³-hybridized carbons (Fsp3) is 0.929. The Kier molecular flexibility index (Phi) is 6.50. The first-order valence-corrected chi connectivity index (χ1v) is 8.13. The van der Waals surface area contributed by atoms with Gasteiger partial charge < -0.3 is 10.4 Å². The molecule has 1 fully saturated rings. The van der Waals surface area contributed by atoms with E-state index in [0.717, 1.165) is 5.92 Å². The molecule has 0 radical (unpaired) electrons. The predicted molar refractivity (Wildman–Crippen MR) is 78.2 cm³/mol. The quantitative estimate of drug-likeness (QED) is 0.713. The van der Waals surface area contributed by atoms with Crippen molar-refractivity contribution in [1.82, 2.24) is 5.32 Å². The molecular formula is C14H27NO2S. The molecule has 3 nitrogen and oxygen atoms in total. The van der Waals surface area contributed by atoms with E-state index in [4.69, 9.17) is 0 Å². The van der Waals surface area contributed by atoms with Crippen molar-refractivity contribution in [3.05, 3.63) is 0 Å². The number of likely N-dealkylation sites (N-methyl/N-ethyl adjacent to an activating group) is 1. The molecule has 4 heteroatoms. The Morgan fingerprint density at radius 2 is 2.11 bits per heavy atom. The summed E-state index contributed by atoms with van der Waals surface area (Å²) in [5, 5.41) is 12.8. The molecule has 2 N–H and O–H groups in total. The minimum absolute atomic E-state index is 0.394. The maximum atomic E-state index is 11.3. The number of carbonyl (C=O) groups is 1. The van der Waals surface area contributed by atoms with Gasteiger partial charge in [0, 0.05) is 5.25 Å². The minimum Gasteiger partial charge on any atom is -0.480 e. The van der Waals surface area contributed by atoms with Crippen LogP contribution < -0.4 is 5.32 Å². The van der Waals surface area contributed by atoms with Gasteiger partial charge in [0.15, 0.2) is 0 Å². The van der Waals surface area contributed by atoms with Gasteiger partial charge in [0.2, 0.25) is 0 Å². The van der Waals surface area contributed by atoms with Crippen molar-refractivity contribution in [2.75, 3.05) is 12.3 Å². The summed E-state index contributed by atoms with van der Waals surface area (Å²) in [7, 11) is 0. The molecule has 18 heavy (non-hydrogen) atoms. The number of hydrogen-bond acceptors (Lipinski definition) is 3. The third kappa shape index (κ3) is 4.81. The summed E-state index contributed by atoms with van der Waals surface area (Å²) in [6.45, 7) is 6.60. The van der Waals surface area contributed by atoms with Crippen LogP contribution in [-0.4, -0.2) is 34.2 Å². The molecule has 1 aliphatic carbocycles. The molecule has 1 saturated carbocycles. The molecule has 0 amide bonds. The Morgan fingerprint density at radius 1 is 1.50 bits per heavy atom. The molecule has 0 bridgehead atoms. The molecule has 0 aromatic carbocycles. The molecular weight excluding hydrogens is 246 g/mol. The van der Waals surface area contributed by atoms with Gasteiger partial charge >= 0.3 is 5.97 Å². The van der Waals surface area contributed by atoms with E-state index in [2.05, 4.69) is 12.2 Å². The van der Waals surface area contributed by atoms with Gasteiger partial charge in [-0.25, -0.2) is 0 Å². The van der Waals surface area contributed by atoms with Crippen LogP contribution in [0, 0.1) is 5.92 Å². The third-order valence-corrected chi connectivity index (χ3v) is 5.23. The van der Waals surface area contributed by atoms with E-state index < -0.39 is 11.5 Å². The van der Waals surface area contributed by atoms with Crippen molar-refractivity contribution in [2.24, 2.45) is 5.92 Å². The molecule has 1 rings (SSSR count). The predicted octanol–water partition coefficient (Wildman–Crippen LogP) is 3.14. The maximum Gasteiger partial charge on any atom is 0.323 e. The molecule has 106 valence electrons.